The smallest absolute Gasteiger partial charge is 0.187 e. The summed E-state index contributed by atoms with van der Waals surface area (Å²) in [6.07, 6.45) is 0.00113. The molecular formula is C20H21N5O2S2. The molecule has 150 valence electrons. The molecule has 1 unspecified atom stereocenters. The van der Waals surface area contributed by atoms with Gasteiger partial charge in [-0.25, -0.2) is 19.3 Å². The number of rotatable bonds is 6. The first-order chi connectivity index (χ1) is 13.9. The Morgan fingerprint density at radius 1 is 1.21 bits per heavy atom. The van der Waals surface area contributed by atoms with Crippen molar-refractivity contribution in [1.29, 1.82) is 0 Å². The number of ether oxygens (including phenoxy) is 1. The number of anilines is 2. The minimum Gasteiger partial charge on any atom is -0.489 e. The number of aryl methyl sites for hydroxylation is 1. The van der Waals surface area contributed by atoms with E-state index < -0.39 is 11.0 Å². The molecule has 0 aliphatic heterocycles. The van der Waals surface area contributed by atoms with Gasteiger partial charge in [0.05, 0.1) is 33.4 Å². The van der Waals surface area contributed by atoms with E-state index in [9.17, 15) is 4.21 Å². The fourth-order valence-corrected chi connectivity index (χ4v) is 4.13. The third-order valence-corrected chi connectivity index (χ3v) is 5.66. The van der Waals surface area contributed by atoms with Crippen LogP contribution in [-0.4, -0.2) is 25.3 Å². The number of hydrogen-bond acceptors (Lipinski definition) is 6. The van der Waals surface area contributed by atoms with Crippen LogP contribution in [0, 0.1) is 6.92 Å². The van der Waals surface area contributed by atoms with E-state index in [-0.39, 0.29) is 6.10 Å². The van der Waals surface area contributed by atoms with Gasteiger partial charge in [-0.15, -0.1) is 11.3 Å². The van der Waals surface area contributed by atoms with Gasteiger partial charge in [0.1, 0.15) is 22.6 Å². The van der Waals surface area contributed by atoms with E-state index in [0.29, 0.717) is 21.5 Å². The molecule has 7 nitrogen and oxygen atoms in total. The average molecular weight is 428 g/mol. The number of aromatic amines is 1. The number of thiazole rings is 1. The Morgan fingerprint density at radius 3 is 2.79 bits per heavy atom. The topological polar surface area (TPSA) is 106 Å². The van der Waals surface area contributed by atoms with Crippen molar-refractivity contribution in [2.24, 2.45) is 5.14 Å². The molecule has 4 rings (SSSR count). The summed E-state index contributed by atoms with van der Waals surface area (Å²) in [7, 11) is -1.58. The quantitative estimate of drug-likeness (QED) is 0.420. The van der Waals surface area contributed by atoms with Gasteiger partial charge < -0.3 is 15.0 Å². The highest BCUT2D eigenvalue weighted by Gasteiger charge is 2.12. The molecular weight excluding hydrogens is 406 g/mol. The lowest BCUT2D eigenvalue weighted by atomic mass is 10.1. The highest BCUT2D eigenvalue weighted by molar-refractivity contribution is 7.82. The molecule has 2 aromatic heterocycles. The predicted molar refractivity (Wildman–Crippen MR) is 118 cm³/mol. The van der Waals surface area contributed by atoms with Gasteiger partial charge in [0.25, 0.3) is 0 Å². The largest absolute Gasteiger partial charge is 0.489 e. The minimum absolute atomic E-state index is 0.00113. The standard InChI is InChI=1S/C20H21N5O2S2/c1-11(2)27-19-7-5-14(29(21)26)9-17(19)24-20-25-18(10-28-20)13-4-6-15-16(8-13)23-12(3)22-15/h4-11H,21H2,1-3H3,(H,22,23)(H,24,25). The van der Waals surface area contributed by atoms with Crippen LogP contribution in [0.15, 0.2) is 46.7 Å². The third kappa shape index (κ3) is 4.31. The van der Waals surface area contributed by atoms with Crippen molar-refractivity contribution < 1.29 is 8.95 Å². The van der Waals surface area contributed by atoms with Crippen LogP contribution >= 0.6 is 11.3 Å². The Labute approximate surface area is 174 Å². The van der Waals surface area contributed by atoms with Crippen molar-refractivity contribution in [2.45, 2.75) is 31.8 Å². The van der Waals surface area contributed by atoms with Gasteiger partial charge in [0, 0.05) is 10.9 Å². The van der Waals surface area contributed by atoms with Crippen LogP contribution in [0.25, 0.3) is 22.3 Å². The zero-order valence-electron chi connectivity index (χ0n) is 16.2. The van der Waals surface area contributed by atoms with Crippen LogP contribution in [0.2, 0.25) is 0 Å². The number of fused-ring (bicyclic) bond motifs is 1. The van der Waals surface area contributed by atoms with Crippen molar-refractivity contribution in [3.63, 3.8) is 0 Å². The molecule has 9 heteroatoms. The molecule has 0 saturated heterocycles. The van der Waals surface area contributed by atoms with Gasteiger partial charge in [-0.2, -0.15) is 0 Å². The molecule has 4 aromatic rings. The Hall–Kier alpha value is -2.75. The lowest BCUT2D eigenvalue weighted by Crippen LogP contribution is -2.09. The summed E-state index contributed by atoms with van der Waals surface area (Å²) in [4.78, 5) is 12.9. The SMILES string of the molecule is Cc1nc2ccc(-c3csc(Nc4cc(S(N)=O)ccc4OC(C)C)n3)cc2[nH]1. The summed E-state index contributed by atoms with van der Waals surface area (Å²) in [5.41, 5.74) is 4.45. The number of H-pyrrole nitrogens is 1. The molecule has 0 saturated carbocycles. The maximum Gasteiger partial charge on any atom is 0.187 e. The molecule has 0 radical (unpaired) electrons. The summed E-state index contributed by atoms with van der Waals surface area (Å²) in [6.45, 7) is 5.84. The maximum atomic E-state index is 11.7. The Kier molecular flexibility index (Phi) is 5.35. The summed E-state index contributed by atoms with van der Waals surface area (Å²) in [5.74, 6) is 1.54. The first-order valence-corrected chi connectivity index (χ1v) is 11.1. The van der Waals surface area contributed by atoms with Crippen LogP contribution in [0.4, 0.5) is 10.8 Å². The number of nitrogens with two attached hydrogens (primary N) is 1. The van der Waals surface area contributed by atoms with E-state index in [0.717, 1.165) is 28.1 Å². The lowest BCUT2D eigenvalue weighted by Gasteiger charge is -2.15. The van der Waals surface area contributed by atoms with Crippen molar-refractivity contribution in [1.82, 2.24) is 15.0 Å². The van der Waals surface area contributed by atoms with Gasteiger partial charge in [0.15, 0.2) is 5.13 Å². The summed E-state index contributed by atoms with van der Waals surface area (Å²) < 4.78 is 17.5. The summed E-state index contributed by atoms with van der Waals surface area (Å²) in [6, 6.07) is 11.2. The Bertz CT molecular complexity index is 1200. The van der Waals surface area contributed by atoms with Crippen LogP contribution < -0.4 is 15.2 Å². The van der Waals surface area contributed by atoms with Crippen molar-refractivity contribution >= 4 is 44.2 Å². The molecule has 4 N–H and O–H groups in total. The molecule has 0 bridgehead atoms. The van der Waals surface area contributed by atoms with E-state index in [2.05, 4.69) is 15.3 Å². The third-order valence-electron chi connectivity index (χ3n) is 4.19. The van der Waals surface area contributed by atoms with Crippen molar-refractivity contribution in [2.75, 3.05) is 5.32 Å². The van der Waals surface area contributed by atoms with Crippen LogP contribution in [-0.2, 0) is 11.0 Å². The number of aromatic nitrogens is 3. The second-order valence-electron chi connectivity index (χ2n) is 6.84. The van der Waals surface area contributed by atoms with Crippen LogP contribution in [0.1, 0.15) is 19.7 Å². The fourth-order valence-electron chi connectivity index (χ4n) is 2.96. The zero-order valence-corrected chi connectivity index (χ0v) is 17.9. The number of imidazole rings is 1. The van der Waals surface area contributed by atoms with Crippen LogP contribution in [0.5, 0.6) is 5.75 Å². The first-order valence-electron chi connectivity index (χ1n) is 9.05. The van der Waals surface area contributed by atoms with E-state index >= 15 is 0 Å². The molecule has 1 atom stereocenters. The van der Waals surface area contributed by atoms with E-state index in [4.69, 9.17) is 14.9 Å². The monoisotopic (exact) mass is 427 g/mol. The number of nitrogens with zero attached hydrogens (tertiary/aromatic N) is 2. The maximum absolute atomic E-state index is 11.7. The molecule has 2 heterocycles. The van der Waals surface area contributed by atoms with Gasteiger partial charge in [-0.1, -0.05) is 6.07 Å². The minimum atomic E-state index is -1.58. The average Bonchev–Trinajstić information content (AvgIpc) is 3.27. The molecule has 0 fully saturated rings. The van der Waals surface area contributed by atoms with Crippen molar-refractivity contribution in [3.05, 3.63) is 47.6 Å². The number of hydrogen-bond donors (Lipinski definition) is 3. The van der Waals surface area contributed by atoms with Gasteiger partial charge in [0.2, 0.25) is 0 Å². The first kappa shape index (κ1) is 19.6. The van der Waals surface area contributed by atoms with E-state index in [1.165, 1.54) is 11.3 Å². The van der Waals surface area contributed by atoms with E-state index in [1.807, 2.05) is 44.4 Å². The molecule has 0 aliphatic carbocycles. The van der Waals surface area contributed by atoms with Crippen LogP contribution in [0.3, 0.4) is 0 Å². The van der Waals surface area contributed by atoms with Gasteiger partial charge in [-0.3, -0.25) is 0 Å². The molecule has 0 aliphatic rings. The van der Waals surface area contributed by atoms with E-state index in [1.54, 1.807) is 18.2 Å². The highest BCUT2D eigenvalue weighted by Crippen LogP contribution is 2.33. The molecule has 2 aromatic carbocycles. The lowest BCUT2D eigenvalue weighted by molar-refractivity contribution is 0.243. The molecule has 0 spiro atoms. The van der Waals surface area contributed by atoms with Crippen molar-refractivity contribution in [3.8, 4) is 17.0 Å². The predicted octanol–water partition coefficient (Wildman–Crippen LogP) is 4.51. The summed E-state index contributed by atoms with van der Waals surface area (Å²) >= 11 is 1.48. The van der Waals surface area contributed by atoms with Gasteiger partial charge in [-0.05, 0) is 51.1 Å². The molecule has 29 heavy (non-hydrogen) atoms. The number of nitrogens with one attached hydrogen (secondary N) is 2. The number of benzene rings is 2. The summed E-state index contributed by atoms with van der Waals surface area (Å²) in [5, 5.41) is 11.5. The Balaban J connectivity index is 1.64. The van der Waals surface area contributed by atoms with Gasteiger partial charge >= 0.3 is 0 Å². The highest BCUT2D eigenvalue weighted by atomic mass is 32.2. The second kappa shape index (κ2) is 7.94. The normalized spacial score (nSPS) is 12.4. The Morgan fingerprint density at radius 2 is 2.03 bits per heavy atom. The second-order valence-corrected chi connectivity index (χ2v) is 8.76. The fraction of sp³-hybridized carbons (Fsp3) is 0.200. The zero-order chi connectivity index (χ0) is 20.5. The molecule has 0 amide bonds.